The highest BCUT2D eigenvalue weighted by Gasteiger charge is 2.22. The largest absolute Gasteiger partial charge is 0.492 e. The minimum absolute atomic E-state index is 0.272. The van der Waals surface area contributed by atoms with Gasteiger partial charge in [-0.25, -0.2) is 0 Å². The molecule has 0 aliphatic heterocycles. The van der Waals surface area contributed by atoms with Crippen LogP contribution in [0.5, 0.6) is 5.75 Å². The number of aryl methyl sites for hydroxylation is 2. The first-order valence-corrected chi connectivity index (χ1v) is 8.63. The second-order valence-corrected chi connectivity index (χ2v) is 6.27. The Balaban J connectivity index is 1.64. The predicted molar refractivity (Wildman–Crippen MR) is 101 cm³/mol. The van der Waals surface area contributed by atoms with Gasteiger partial charge in [-0.1, -0.05) is 52.7 Å². The summed E-state index contributed by atoms with van der Waals surface area (Å²) < 4.78 is 10.8. The highest BCUT2D eigenvalue weighted by atomic mass is 35.5. The van der Waals surface area contributed by atoms with Gasteiger partial charge in [0, 0.05) is 5.56 Å². The Kier molecular flexibility index (Phi) is 5.58. The van der Waals surface area contributed by atoms with Gasteiger partial charge in [0.05, 0.1) is 11.6 Å². The molecule has 0 atom stereocenters. The third-order valence-electron chi connectivity index (χ3n) is 3.90. The van der Waals surface area contributed by atoms with E-state index in [-0.39, 0.29) is 5.91 Å². The van der Waals surface area contributed by atoms with Crippen molar-refractivity contribution in [2.75, 3.05) is 13.2 Å². The normalized spacial score (nSPS) is 10.6. The summed E-state index contributed by atoms with van der Waals surface area (Å²) in [6.45, 7) is 4.44. The summed E-state index contributed by atoms with van der Waals surface area (Å²) >= 11 is 6.22. The van der Waals surface area contributed by atoms with Crippen molar-refractivity contribution in [3.8, 4) is 17.0 Å². The predicted octanol–water partition coefficient (Wildman–Crippen LogP) is 4.42. The van der Waals surface area contributed by atoms with Crippen molar-refractivity contribution in [1.29, 1.82) is 0 Å². The standard InChI is InChI=1S/C20H19ClN2O3/c1-13-7-9-15(10-8-13)25-12-11-22-20(24)18-14(2)26-23-19(18)16-5-3-4-6-17(16)21/h3-10H,11-12H2,1-2H3,(H,22,24). The lowest BCUT2D eigenvalue weighted by Gasteiger charge is -2.08. The number of ether oxygens (including phenoxy) is 1. The van der Waals surface area contributed by atoms with Crippen LogP contribution in [0, 0.1) is 13.8 Å². The molecule has 0 unspecified atom stereocenters. The number of halogens is 1. The SMILES string of the molecule is Cc1ccc(OCCNC(=O)c2c(-c3ccccc3Cl)noc2C)cc1. The number of benzene rings is 2. The zero-order valence-electron chi connectivity index (χ0n) is 14.6. The molecule has 1 aromatic heterocycles. The Labute approximate surface area is 156 Å². The van der Waals surface area contributed by atoms with Crippen molar-refractivity contribution < 1.29 is 14.1 Å². The summed E-state index contributed by atoms with van der Waals surface area (Å²) in [5, 5.41) is 7.34. The van der Waals surface area contributed by atoms with Crippen molar-refractivity contribution in [3.05, 3.63) is 70.4 Å². The van der Waals surface area contributed by atoms with E-state index in [1.54, 1.807) is 19.1 Å². The van der Waals surface area contributed by atoms with Crippen molar-refractivity contribution in [2.24, 2.45) is 0 Å². The number of carbonyl (C=O) groups is 1. The van der Waals surface area contributed by atoms with Crippen molar-refractivity contribution in [1.82, 2.24) is 10.5 Å². The first-order chi connectivity index (χ1) is 12.6. The van der Waals surface area contributed by atoms with Crippen molar-refractivity contribution in [3.63, 3.8) is 0 Å². The molecule has 0 radical (unpaired) electrons. The van der Waals surface area contributed by atoms with Crippen LogP contribution in [0.25, 0.3) is 11.3 Å². The van der Waals surface area contributed by atoms with Crippen molar-refractivity contribution in [2.45, 2.75) is 13.8 Å². The molecule has 3 aromatic rings. The highest BCUT2D eigenvalue weighted by Crippen LogP contribution is 2.30. The van der Waals surface area contributed by atoms with Gasteiger partial charge in [-0.15, -0.1) is 0 Å². The summed E-state index contributed by atoms with van der Waals surface area (Å²) in [4.78, 5) is 12.6. The van der Waals surface area contributed by atoms with Gasteiger partial charge in [-0.3, -0.25) is 4.79 Å². The van der Waals surface area contributed by atoms with Crippen LogP contribution in [0.4, 0.5) is 0 Å². The maximum absolute atomic E-state index is 12.6. The number of nitrogens with one attached hydrogen (secondary N) is 1. The molecule has 1 heterocycles. The average molecular weight is 371 g/mol. The maximum atomic E-state index is 12.6. The Morgan fingerprint density at radius 3 is 2.62 bits per heavy atom. The van der Waals surface area contributed by atoms with Crippen LogP contribution in [0.1, 0.15) is 21.7 Å². The first-order valence-electron chi connectivity index (χ1n) is 8.25. The first kappa shape index (κ1) is 18.0. The Morgan fingerprint density at radius 2 is 1.88 bits per heavy atom. The molecule has 0 fully saturated rings. The van der Waals surface area contributed by atoms with Gasteiger partial charge in [-0.2, -0.15) is 0 Å². The molecule has 5 nitrogen and oxygen atoms in total. The minimum Gasteiger partial charge on any atom is -0.492 e. The van der Waals surface area contributed by atoms with E-state index in [1.807, 2.05) is 43.3 Å². The van der Waals surface area contributed by atoms with Crippen LogP contribution in [0.3, 0.4) is 0 Å². The van der Waals surface area contributed by atoms with Gasteiger partial charge in [0.25, 0.3) is 5.91 Å². The number of hydrogen-bond donors (Lipinski definition) is 1. The summed E-state index contributed by atoms with van der Waals surface area (Å²) in [7, 11) is 0. The smallest absolute Gasteiger partial charge is 0.257 e. The zero-order chi connectivity index (χ0) is 18.5. The Hall–Kier alpha value is -2.79. The fourth-order valence-electron chi connectivity index (χ4n) is 2.53. The molecule has 0 bridgehead atoms. The Bertz CT molecular complexity index is 904. The summed E-state index contributed by atoms with van der Waals surface area (Å²) in [5.74, 6) is 0.936. The van der Waals surface area contributed by atoms with E-state index in [1.165, 1.54) is 5.56 Å². The number of nitrogens with zero attached hydrogens (tertiary/aromatic N) is 1. The van der Waals surface area contributed by atoms with E-state index in [9.17, 15) is 4.79 Å². The van der Waals surface area contributed by atoms with E-state index in [0.29, 0.717) is 40.8 Å². The van der Waals surface area contributed by atoms with Gasteiger partial charge in [0.2, 0.25) is 0 Å². The minimum atomic E-state index is -0.272. The topological polar surface area (TPSA) is 64.4 Å². The molecule has 1 N–H and O–H groups in total. The van der Waals surface area contributed by atoms with Gasteiger partial charge in [0.15, 0.2) is 0 Å². The van der Waals surface area contributed by atoms with E-state index in [0.717, 1.165) is 5.75 Å². The van der Waals surface area contributed by atoms with E-state index >= 15 is 0 Å². The monoisotopic (exact) mass is 370 g/mol. The molecule has 0 aliphatic rings. The molecule has 0 saturated carbocycles. The Morgan fingerprint density at radius 1 is 1.15 bits per heavy atom. The van der Waals surface area contributed by atoms with Crippen LogP contribution in [-0.2, 0) is 0 Å². The van der Waals surface area contributed by atoms with Gasteiger partial charge in [0.1, 0.15) is 29.4 Å². The van der Waals surface area contributed by atoms with E-state index < -0.39 is 0 Å². The fourth-order valence-corrected chi connectivity index (χ4v) is 2.76. The second kappa shape index (κ2) is 8.06. The molecular formula is C20H19ClN2O3. The fraction of sp³-hybridized carbons (Fsp3) is 0.200. The van der Waals surface area contributed by atoms with Crippen LogP contribution in [0.2, 0.25) is 5.02 Å². The molecule has 2 aromatic carbocycles. The highest BCUT2D eigenvalue weighted by molar-refractivity contribution is 6.33. The lowest BCUT2D eigenvalue weighted by atomic mass is 10.1. The molecular weight excluding hydrogens is 352 g/mol. The molecule has 1 amide bonds. The number of amides is 1. The van der Waals surface area contributed by atoms with Crippen LogP contribution in [0.15, 0.2) is 53.1 Å². The molecule has 6 heteroatoms. The third kappa shape index (κ3) is 4.06. The zero-order valence-corrected chi connectivity index (χ0v) is 15.3. The molecule has 3 rings (SSSR count). The lowest BCUT2D eigenvalue weighted by molar-refractivity contribution is 0.0946. The number of rotatable bonds is 6. The molecule has 0 aliphatic carbocycles. The molecule has 0 saturated heterocycles. The number of aromatic nitrogens is 1. The molecule has 134 valence electrons. The number of hydrogen-bond acceptors (Lipinski definition) is 4. The van der Waals surface area contributed by atoms with Crippen LogP contribution < -0.4 is 10.1 Å². The van der Waals surface area contributed by atoms with E-state index in [4.69, 9.17) is 20.9 Å². The van der Waals surface area contributed by atoms with E-state index in [2.05, 4.69) is 10.5 Å². The molecule has 0 spiro atoms. The second-order valence-electron chi connectivity index (χ2n) is 5.86. The van der Waals surface area contributed by atoms with Crippen LogP contribution in [-0.4, -0.2) is 24.2 Å². The van der Waals surface area contributed by atoms with Gasteiger partial charge in [-0.05, 0) is 32.0 Å². The summed E-state index contributed by atoms with van der Waals surface area (Å²) in [6, 6.07) is 15.0. The quantitative estimate of drug-likeness (QED) is 0.652. The third-order valence-corrected chi connectivity index (χ3v) is 4.23. The summed E-state index contributed by atoms with van der Waals surface area (Å²) in [5.41, 5.74) is 2.64. The molecule has 26 heavy (non-hydrogen) atoms. The average Bonchev–Trinajstić information content (AvgIpc) is 3.02. The lowest BCUT2D eigenvalue weighted by Crippen LogP contribution is -2.28. The van der Waals surface area contributed by atoms with Crippen molar-refractivity contribution >= 4 is 17.5 Å². The number of carbonyl (C=O) groups excluding carboxylic acids is 1. The van der Waals surface area contributed by atoms with Gasteiger partial charge >= 0.3 is 0 Å². The van der Waals surface area contributed by atoms with Gasteiger partial charge < -0.3 is 14.6 Å². The van der Waals surface area contributed by atoms with Crippen LogP contribution >= 0.6 is 11.6 Å². The maximum Gasteiger partial charge on any atom is 0.257 e. The summed E-state index contributed by atoms with van der Waals surface area (Å²) in [6.07, 6.45) is 0.